The van der Waals surface area contributed by atoms with E-state index in [2.05, 4.69) is 57.2 Å². The van der Waals surface area contributed by atoms with Crippen LogP contribution in [0, 0.1) is 0 Å². The number of unbranched alkanes of at least 4 members (excludes halogenated alkanes) is 31. The number of quaternary nitrogens is 1. The van der Waals surface area contributed by atoms with Gasteiger partial charge in [-0.25, -0.2) is 0 Å². The summed E-state index contributed by atoms with van der Waals surface area (Å²) in [5.74, 6) is -1.51. The second-order valence-electron chi connectivity index (χ2n) is 21.1. The SMILES string of the molecule is CCCCC/C=C\C/C=C\CCCCCCCC(=O)O.CCCCCCCC/C=C/CCCCCCCC(=O)OC(COC(=O)CCCCCCCCCCCCCCC)COP(=O)([O-])OCC[N+](C)(C)C. The number of allylic oxidation sites excluding steroid dienone is 6. The van der Waals surface area contributed by atoms with Crippen molar-refractivity contribution in [3.63, 3.8) is 0 Å². The van der Waals surface area contributed by atoms with Crippen molar-refractivity contribution in [3.05, 3.63) is 36.5 Å². The minimum atomic E-state index is -4.62. The summed E-state index contributed by atoms with van der Waals surface area (Å²) in [5, 5.41) is 8.50. The van der Waals surface area contributed by atoms with E-state index in [9.17, 15) is 23.8 Å². The molecule has 2 unspecified atom stereocenters. The molecule has 0 spiro atoms. The van der Waals surface area contributed by atoms with Gasteiger partial charge in [-0.15, -0.1) is 0 Å². The van der Waals surface area contributed by atoms with Gasteiger partial charge in [-0.2, -0.15) is 0 Å². The Kier molecular flexibility index (Phi) is 54.8. The normalized spacial score (nSPS) is 13.2. The molecule has 0 aromatic carbocycles. The first-order chi connectivity index (χ1) is 34.8. The number of carbonyl (C=O) groups is 3. The fourth-order valence-corrected chi connectivity index (χ4v) is 8.70. The molecule has 12 heteroatoms. The number of hydrogen-bond acceptors (Lipinski definition) is 9. The summed E-state index contributed by atoms with van der Waals surface area (Å²) < 4.78 is 33.8. The molecule has 0 amide bonds. The van der Waals surface area contributed by atoms with Crippen molar-refractivity contribution in [2.45, 2.75) is 284 Å². The summed E-state index contributed by atoms with van der Waals surface area (Å²) in [6.45, 7) is 6.46. The van der Waals surface area contributed by atoms with Gasteiger partial charge in [0.1, 0.15) is 19.8 Å². The predicted octanol–water partition coefficient (Wildman–Crippen LogP) is 17.1. The average Bonchev–Trinajstić information content (AvgIpc) is 3.33. The zero-order valence-corrected chi connectivity index (χ0v) is 48.6. The van der Waals surface area contributed by atoms with E-state index in [-0.39, 0.29) is 32.0 Å². The number of nitrogens with zero attached hydrogens (tertiary/aromatic N) is 1. The summed E-state index contributed by atoms with van der Waals surface area (Å²) in [4.78, 5) is 47.8. The molecule has 0 aromatic rings. The van der Waals surface area contributed by atoms with Gasteiger partial charge in [0.15, 0.2) is 6.10 Å². The topological polar surface area (TPSA) is 148 Å². The molecule has 0 fully saturated rings. The molecule has 0 aliphatic heterocycles. The van der Waals surface area contributed by atoms with Gasteiger partial charge < -0.3 is 33.0 Å². The van der Waals surface area contributed by atoms with Gasteiger partial charge in [-0.1, -0.05) is 218 Å². The molecular formula is C60H114NO10P. The molecule has 2 atom stereocenters. The molecule has 0 radical (unpaired) electrons. The van der Waals surface area contributed by atoms with E-state index in [1.54, 1.807) is 0 Å². The van der Waals surface area contributed by atoms with Crippen molar-refractivity contribution in [1.82, 2.24) is 0 Å². The second-order valence-corrected chi connectivity index (χ2v) is 22.5. The van der Waals surface area contributed by atoms with E-state index in [1.807, 2.05) is 21.1 Å². The van der Waals surface area contributed by atoms with Crippen molar-refractivity contribution < 1.29 is 52.0 Å². The molecule has 0 saturated heterocycles. The highest BCUT2D eigenvalue weighted by molar-refractivity contribution is 7.45. The monoisotopic (exact) mass is 1040 g/mol. The van der Waals surface area contributed by atoms with E-state index in [0.29, 0.717) is 23.9 Å². The maximum atomic E-state index is 12.6. The standard InChI is InChI=1S/C42H82NO8P.C18H32O2/c1-6-8-10-12-14-16-18-20-21-23-25-27-29-31-33-35-42(45)51-40(39-50-52(46,47)49-37-36-43(3,4)5)38-48-41(44)34-32-30-28-26-24-22-19-17-15-13-11-9-7-2;1-2-3-4-5-6-7-8-9-10-11-12-13-14-15-16-17-18(19)20/h20-21,40H,6-19,22-39H2,1-5H3;6-7,9-10H,2-5,8,11-17H2,1H3,(H,19,20)/b21-20+;7-6-,10-9-. The zero-order valence-electron chi connectivity index (χ0n) is 47.7. The molecule has 72 heavy (non-hydrogen) atoms. The van der Waals surface area contributed by atoms with Crippen molar-refractivity contribution in [1.29, 1.82) is 0 Å². The molecule has 0 aliphatic carbocycles. The van der Waals surface area contributed by atoms with Gasteiger partial charge in [-0.05, 0) is 77.0 Å². The number of phosphoric acid groups is 1. The van der Waals surface area contributed by atoms with Crippen LogP contribution in [0.5, 0.6) is 0 Å². The maximum absolute atomic E-state index is 12.6. The maximum Gasteiger partial charge on any atom is 0.306 e. The van der Waals surface area contributed by atoms with Crippen LogP contribution in [0.15, 0.2) is 36.5 Å². The highest BCUT2D eigenvalue weighted by Crippen LogP contribution is 2.38. The van der Waals surface area contributed by atoms with E-state index in [1.165, 1.54) is 154 Å². The van der Waals surface area contributed by atoms with Gasteiger partial charge >= 0.3 is 17.9 Å². The van der Waals surface area contributed by atoms with Crippen LogP contribution in [0.25, 0.3) is 0 Å². The van der Waals surface area contributed by atoms with Crippen LogP contribution in [0.4, 0.5) is 0 Å². The lowest BCUT2D eigenvalue weighted by Crippen LogP contribution is -2.37. The van der Waals surface area contributed by atoms with Crippen molar-refractivity contribution in [2.24, 2.45) is 0 Å². The van der Waals surface area contributed by atoms with Crippen LogP contribution in [-0.2, 0) is 37.5 Å². The first-order valence-electron chi connectivity index (χ1n) is 29.7. The summed E-state index contributed by atoms with van der Waals surface area (Å²) in [7, 11) is 1.17. The first kappa shape index (κ1) is 71.8. The number of rotatable bonds is 53. The van der Waals surface area contributed by atoms with Crippen LogP contribution < -0.4 is 4.89 Å². The van der Waals surface area contributed by atoms with Crippen molar-refractivity contribution >= 4 is 25.7 Å². The fraction of sp³-hybridized carbons (Fsp3) is 0.850. The minimum Gasteiger partial charge on any atom is -0.756 e. The lowest BCUT2D eigenvalue weighted by atomic mass is 10.0. The zero-order chi connectivity index (χ0) is 53.5. The smallest absolute Gasteiger partial charge is 0.306 e. The van der Waals surface area contributed by atoms with Gasteiger partial charge in [0.2, 0.25) is 0 Å². The fourth-order valence-electron chi connectivity index (χ4n) is 7.97. The molecule has 1 N–H and O–H groups in total. The number of hydrogen-bond donors (Lipinski definition) is 1. The number of ether oxygens (including phenoxy) is 2. The summed E-state index contributed by atoms with van der Waals surface area (Å²) >= 11 is 0. The third-order valence-electron chi connectivity index (χ3n) is 12.6. The summed E-state index contributed by atoms with van der Waals surface area (Å²) in [6, 6.07) is 0. The summed E-state index contributed by atoms with van der Waals surface area (Å²) in [6.07, 6.45) is 57.4. The Balaban J connectivity index is 0. The molecule has 0 aliphatic rings. The number of esters is 2. The Hall–Kier alpha value is -2.30. The van der Waals surface area contributed by atoms with Crippen LogP contribution in [-0.4, -0.2) is 81.1 Å². The lowest BCUT2D eigenvalue weighted by molar-refractivity contribution is -0.870. The Morgan fingerprint density at radius 3 is 1.24 bits per heavy atom. The highest BCUT2D eigenvalue weighted by atomic mass is 31.2. The van der Waals surface area contributed by atoms with Gasteiger partial charge in [0.25, 0.3) is 7.82 Å². The molecule has 0 aromatic heterocycles. The Bertz CT molecular complexity index is 1350. The average molecular weight is 1040 g/mol. The van der Waals surface area contributed by atoms with Crippen LogP contribution in [0.1, 0.15) is 278 Å². The molecule has 0 rings (SSSR count). The Morgan fingerprint density at radius 1 is 0.472 bits per heavy atom. The molecule has 0 saturated carbocycles. The molecule has 424 valence electrons. The number of aliphatic carboxylic acids is 1. The largest absolute Gasteiger partial charge is 0.756 e. The second kappa shape index (κ2) is 54.9. The number of carbonyl (C=O) groups excluding carboxylic acids is 2. The quantitative estimate of drug-likeness (QED) is 0.0205. The van der Waals surface area contributed by atoms with E-state index in [0.717, 1.165) is 77.0 Å². The minimum absolute atomic E-state index is 0.0294. The van der Waals surface area contributed by atoms with Crippen LogP contribution in [0.3, 0.4) is 0 Å². The van der Waals surface area contributed by atoms with Gasteiger partial charge in [0.05, 0.1) is 27.7 Å². The van der Waals surface area contributed by atoms with Crippen molar-refractivity contribution in [3.8, 4) is 0 Å². The van der Waals surface area contributed by atoms with Crippen molar-refractivity contribution in [2.75, 3.05) is 47.5 Å². The third kappa shape index (κ3) is 62.0. The lowest BCUT2D eigenvalue weighted by Gasteiger charge is -2.28. The third-order valence-corrected chi connectivity index (χ3v) is 13.6. The number of carboxylic acids is 1. The van der Waals surface area contributed by atoms with Crippen LogP contribution in [0.2, 0.25) is 0 Å². The van der Waals surface area contributed by atoms with E-state index >= 15 is 0 Å². The number of likely N-dealkylation sites (N-methyl/N-ethyl adjacent to an activating group) is 1. The summed E-state index contributed by atoms with van der Waals surface area (Å²) in [5.41, 5.74) is 0. The molecule has 0 bridgehead atoms. The first-order valence-corrected chi connectivity index (χ1v) is 31.1. The molecule has 11 nitrogen and oxygen atoms in total. The Labute approximate surface area is 443 Å². The molecule has 0 heterocycles. The number of phosphoric ester groups is 1. The predicted molar refractivity (Wildman–Crippen MR) is 300 cm³/mol. The highest BCUT2D eigenvalue weighted by Gasteiger charge is 2.22. The number of carboxylic acid groups (broad SMARTS) is 1. The van der Waals surface area contributed by atoms with E-state index in [4.69, 9.17) is 23.6 Å². The van der Waals surface area contributed by atoms with Gasteiger partial charge in [-0.3, -0.25) is 18.9 Å². The van der Waals surface area contributed by atoms with Gasteiger partial charge in [0, 0.05) is 19.3 Å². The Morgan fingerprint density at radius 2 is 0.819 bits per heavy atom. The van der Waals surface area contributed by atoms with E-state index < -0.39 is 32.5 Å². The van der Waals surface area contributed by atoms with Crippen LogP contribution >= 0.6 is 7.82 Å². The molecular weight excluding hydrogens is 926 g/mol.